The lowest BCUT2D eigenvalue weighted by Gasteiger charge is -2.12. The molecule has 2 rings (SSSR count). The minimum Gasteiger partial charge on any atom is -0.364 e. The number of benzene rings is 1. The molecule has 1 heterocycles. The van der Waals surface area contributed by atoms with Crippen molar-refractivity contribution in [2.24, 2.45) is 5.73 Å². The van der Waals surface area contributed by atoms with Crippen molar-refractivity contribution in [1.29, 1.82) is 0 Å². The molecule has 104 valence electrons. The number of amides is 1. The van der Waals surface area contributed by atoms with Crippen molar-refractivity contribution in [2.45, 2.75) is 31.6 Å². The van der Waals surface area contributed by atoms with Crippen LogP contribution in [-0.4, -0.2) is 24.7 Å². The first-order chi connectivity index (χ1) is 9.10. The van der Waals surface area contributed by atoms with Crippen molar-refractivity contribution < 1.29 is 18.3 Å². The zero-order valence-corrected chi connectivity index (χ0v) is 10.4. The Bertz CT molecular complexity index is 468. The second kappa shape index (κ2) is 6.08. The van der Waals surface area contributed by atoms with Crippen LogP contribution < -0.4 is 11.1 Å². The van der Waals surface area contributed by atoms with Gasteiger partial charge in [-0.25, -0.2) is 8.78 Å². The number of ether oxygens (including phenoxy) is 1. The average Bonchev–Trinajstić information content (AvgIpc) is 2.88. The highest BCUT2D eigenvalue weighted by Gasteiger charge is 2.29. The fourth-order valence-electron chi connectivity index (χ4n) is 2.02. The lowest BCUT2D eigenvalue weighted by Crippen LogP contribution is -2.35. The van der Waals surface area contributed by atoms with Gasteiger partial charge >= 0.3 is 0 Å². The molecule has 1 aliphatic rings. The summed E-state index contributed by atoms with van der Waals surface area (Å²) in [5.41, 5.74) is 5.96. The zero-order valence-electron chi connectivity index (χ0n) is 10.4. The summed E-state index contributed by atoms with van der Waals surface area (Å²) in [5.74, 6) is -2.08. The van der Waals surface area contributed by atoms with Gasteiger partial charge in [0.25, 0.3) is 0 Å². The molecule has 6 heteroatoms. The van der Waals surface area contributed by atoms with Crippen LogP contribution in [0.2, 0.25) is 0 Å². The number of nitrogens with one attached hydrogen (secondary N) is 1. The van der Waals surface area contributed by atoms with Crippen molar-refractivity contribution in [1.82, 2.24) is 5.32 Å². The maximum Gasteiger partial charge on any atom is 0.249 e. The number of carbonyl (C=O) groups is 1. The molecule has 2 unspecified atom stereocenters. The van der Waals surface area contributed by atoms with Crippen LogP contribution in [0.5, 0.6) is 0 Å². The fourth-order valence-corrected chi connectivity index (χ4v) is 2.02. The Balaban J connectivity index is 1.85. The topological polar surface area (TPSA) is 64.4 Å². The predicted molar refractivity (Wildman–Crippen MR) is 65.2 cm³/mol. The number of rotatable bonds is 4. The van der Waals surface area contributed by atoms with Gasteiger partial charge in [-0.15, -0.1) is 0 Å². The minimum atomic E-state index is -0.924. The van der Waals surface area contributed by atoms with Crippen molar-refractivity contribution in [2.75, 3.05) is 6.54 Å². The van der Waals surface area contributed by atoms with E-state index in [1.54, 1.807) is 0 Å². The normalized spacial score (nSPS) is 22.5. The number of hydrogen-bond donors (Lipinski definition) is 2. The molecule has 1 amide bonds. The molecule has 1 saturated heterocycles. The summed E-state index contributed by atoms with van der Waals surface area (Å²) in [7, 11) is 0. The third-order valence-electron chi connectivity index (χ3n) is 3.11. The summed E-state index contributed by atoms with van der Waals surface area (Å²) in [4.78, 5) is 11.8. The second-order valence-corrected chi connectivity index (χ2v) is 4.53. The zero-order chi connectivity index (χ0) is 13.8. The molecule has 0 spiro atoms. The van der Waals surface area contributed by atoms with Gasteiger partial charge < -0.3 is 15.8 Å². The van der Waals surface area contributed by atoms with Gasteiger partial charge in [0.05, 0.1) is 6.10 Å². The summed E-state index contributed by atoms with van der Waals surface area (Å²) < 4.78 is 31.1. The first-order valence-electron chi connectivity index (χ1n) is 6.17. The largest absolute Gasteiger partial charge is 0.364 e. The molecule has 0 radical (unpaired) electrons. The Morgan fingerprint density at radius 1 is 1.37 bits per heavy atom. The van der Waals surface area contributed by atoms with Gasteiger partial charge in [-0.1, -0.05) is 6.07 Å². The highest BCUT2D eigenvalue weighted by Crippen LogP contribution is 2.19. The summed E-state index contributed by atoms with van der Waals surface area (Å²) in [6.07, 6.45) is 0.823. The Morgan fingerprint density at radius 2 is 2.16 bits per heavy atom. The number of carbonyl (C=O) groups excluding carboxylic acids is 1. The SMILES string of the molecule is NCC1CCC(C(=O)NCc2ccc(F)c(F)c2)O1. The molecule has 4 nitrogen and oxygen atoms in total. The highest BCUT2D eigenvalue weighted by atomic mass is 19.2. The van der Waals surface area contributed by atoms with E-state index in [1.807, 2.05) is 0 Å². The number of hydrogen-bond acceptors (Lipinski definition) is 3. The van der Waals surface area contributed by atoms with Gasteiger partial charge in [0.1, 0.15) is 6.10 Å². The predicted octanol–water partition coefficient (Wildman–Crippen LogP) is 1.09. The molecule has 0 aromatic heterocycles. The molecule has 1 aromatic rings. The summed E-state index contributed by atoms with van der Waals surface area (Å²) in [5, 5.41) is 2.64. The standard InChI is InChI=1S/C13H16F2N2O2/c14-10-3-1-8(5-11(10)15)7-17-13(18)12-4-2-9(6-16)19-12/h1,3,5,9,12H,2,4,6-7,16H2,(H,17,18). The highest BCUT2D eigenvalue weighted by molar-refractivity contribution is 5.81. The lowest BCUT2D eigenvalue weighted by atomic mass is 10.1. The van der Waals surface area contributed by atoms with E-state index in [0.717, 1.165) is 18.6 Å². The van der Waals surface area contributed by atoms with Gasteiger partial charge in [-0.05, 0) is 30.5 Å². The third kappa shape index (κ3) is 3.48. The molecule has 1 aliphatic heterocycles. The average molecular weight is 270 g/mol. The van der Waals surface area contributed by atoms with Gasteiger partial charge in [0.15, 0.2) is 11.6 Å². The van der Waals surface area contributed by atoms with Gasteiger partial charge in [-0.3, -0.25) is 4.79 Å². The molecule has 19 heavy (non-hydrogen) atoms. The first kappa shape index (κ1) is 13.9. The molecule has 1 fully saturated rings. The van der Waals surface area contributed by atoms with Crippen LogP contribution in [0.1, 0.15) is 18.4 Å². The quantitative estimate of drug-likeness (QED) is 0.860. The van der Waals surface area contributed by atoms with Crippen LogP contribution in [0.15, 0.2) is 18.2 Å². The molecular weight excluding hydrogens is 254 g/mol. The van der Waals surface area contributed by atoms with E-state index in [9.17, 15) is 13.6 Å². The van der Waals surface area contributed by atoms with Gasteiger partial charge in [0.2, 0.25) is 5.91 Å². The summed E-state index contributed by atoms with van der Waals surface area (Å²) in [6, 6.07) is 3.53. The molecule has 3 N–H and O–H groups in total. The van der Waals surface area contributed by atoms with E-state index in [2.05, 4.69) is 5.32 Å². The third-order valence-corrected chi connectivity index (χ3v) is 3.11. The number of nitrogens with two attached hydrogens (primary N) is 1. The molecule has 1 aromatic carbocycles. The fraction of sp³-hybridized carbons (Fsp3) is 0.462. The molecule has 0 bridgehead atoms. The molecule has 2 atom stereocenters. The van der Waals surface area contributed by atoms with E-state index < -0.39 is 17.7 Å². The van der Waals surface area contributed by atoms with E-state index in [0.29, 0.717) is 18.5 Å². The van der Waals surface area contributed by atoms with E-state index in [-0.39, 0.29) is 18.6 Å². The Kier molecular flexibility index (Phi) is 4.44. The van der Waals surface area contributed by atoms with Crippen molar-refractivity contribution in [3.05, 3.63) is 35.4 Å². The van der Waals surface area contributed by atoms with Crippen LogP contribution in [0, 0.1) is 11.6 Å². The summed E-state index contributed by atoms with van der Waals surface area (Å²) in [6.45, 7) is 0.538. The van der Waals surface area contributed by atoms with Crippen LogP contribution in [0.4, 0.5) is 8.78 Å². The molecule has 0 saturated carbocycles. The van der Waals surface area contributed by atoms with E-state index >= 15 is 0 Å². The minimum absolute atomic E-state index is 0.0704. The Labute approximate surface area is 109 Å². The van der Waals surface area contributed by atoms with E-state index in [4.69, 9.17) is 10.5 Å². The van der Waals surface area contributed by atoms with Gasteiger partial charge in [-0.2, -0.15) is 0 Å². The van der Waals surface area contributed by atoms with E-state index in [1.165, 1.54) is 6.07 Å². The van der Waals surface area contributed by atoms with Crippen LogP contribution in [0.3, 0.4) is 0 Å². The monoisotopic (exact) mass is 270 g/mol. The van der Waals surface area contributed by atoms with Crippen molar-refractivity contribution >= 4 is 5.91 Å². The van der Waals surface area contributed by atoms with Gasteiger partial charge in [0, 0.05) is 13.1 Å². The number of halogens is 2. The van der Waals surface area contributed by atoms with Crippen molar-refractivity contribution in [3.8, 4) is 0 Å². The Morgan fingerprint density at radius 3 is 2.79 bits per heavy atom. The smallest absolute Gasteiger partial charge is 0.249 e. The first-order valence-corrected chi connectivity index (χ1v) is 6.17. The summed E-state index contributed by atoms with van der Waals surface area (Å²) >= 11 is 0. The second-order valence-electron chi connectivity index (χ2n) is 4.53. The maximum absolute atomic E-state index is 13.0. The molecular formula is C13H16F2N2O2. The van der Waals surface area contributed by atoms with Crippen LogP contribution >= 0.6 is 0 Å². The maximum atomic E-state index is 13.0. The lowest BCUT2D eigenvalue weighted by molar-refractivity contribution is -0.132. The van der Waals surface area contributed by atoms with Crippen LogP contribution in [0.25, 0.3) is 0 Å². The Hall–Kier alpha value is -1.53. The van der Waals surface area contributed by atoms with Crippen molar-refractivity contribution in [3.63, 3.8) is 0 Å². The van der Waals surface area contributed by atoms with Crippen LogP contribution in [-0.2, 0) is 16.1 Å². The molecule has 0 aliphatic carbocycles.